The van der Waals surface area contributed by atoms with Crippen molar-refractivity contribution < 1.29 is 9.63 Å². The number of nitrogens with zero attached hydrogens (tertiary/aromatic N) is 5. The van der Waals surface area contributed by atoms with E-state index < -0.39 is 0 Å². The molecule has 7 nitrogen and oxygen atoms in total. The highest BCUT2D eigenvalue weighted by molar-refractivity contribution is 4.94. The quantitative estimate of drug-likeness (QED) is 0.755. The van der Waals surface area contributed by atoms with Crippen LogP contribution in [0.2, 0.25) is 0 Å². The molecule has 0 aliphatic heterocycles. The highest BCUT2D eigenvalue weighted by Crippen LogP contribution is 2.01. The standard InChI is InChI=1S/C9H13N5O2/c1-2-8-10-9(16-12-8)6-14-5-7(3-4-15)11-13-14/h5,15H,2-4,6H2,1H3. The molecule has 0 saturated heterocycles. The number of aryl methyl sites for hydroxylation is 1. The molecule has 0 radical (unpaired) electrons. The van der Waals surface area contributed by atoms with Gasteiger partial charge < -0.3 is 9.63 Å². The molecule has 0 aromatic carbocycles. The van der Waals surface area contributed by atoms with E-state index in [9.17, 15) is 0 Å². The van der Waals surface area contributed by atoms with Gasteiger partial charge in [-0.25, -0.2) is 4.68 Å². The summed E-state index contributed by atoms with van der Waals surface area (Å²) in [7, 11) is 0. The van der Waals surface area contributed by atoms with Crippen LogP contribution in [-0.2, 0) is 19.4 Å². The van der Waals surface area contributed by atoms with Crippen molar-refractivity contribution in [2.75, 3.05) is 6.61 Å². The van der Waals surface area contributed by atoms with Gasteiger partial charge in [0.05, 0.1) is 5.69 Å². The Morgan fingerprint density at radius 2 is 2.38 bits per heavy atom. The summed E-state index contributed by atoms with van der Waals surface area (Å²) in [6, 6.07) is 0. The number of rotatable bonds is 5. The molecule has 0 amide bonds. The minimum absolute atomic E-state index is 0.0687. The van der Waals surface area contributed by atoms with E-state index in [0.717, 1.165) is 12.1 Å². The van der Waals surface area contributed by atoms with E-state index >= 15 is 0 Å². The third kappa shape index (κ3) is 2.43. The summed E-state index contributed by atoms with van der Waals surface area (Å²) in [5.41, 5.74) is 0.748. The Morgan fingerprint density at radius 3 is 3.06 bits per heavy atom. The molecular formula is C9H13N5O2. The Labute approximate surface area is 92.1 Å². The molecule has 0 aliphatic carbocycles. The number of aliphatic hydroxyl groups is 1. The van der Waals surface area contributed by atoms with Crippen molar-refractivity contribution in [1.82, 2.24) is 25.1 Å². The fraction of sp³-hybridized carbons (Fsp3) is 0.556. The second-order valence-corrected chi connectivity index (χ2v) is 3.34. The molecule has 7 heteroatoms. The van der Waals surface area contributed by atoms with Gasteiger partial charge in [0.2, 0.25) is 5.89 Å². The van der Waals surface area contributed by atoms with Crippen molar-refractivity contribution in [2.24, 2.45) is 0 Å². The van der Waals surface area contributed by atoms with Crippen LogP contribution in [0, 0.1) is 0 Å². The monoisotopic (exact) mass is 223 g/mol. The average Bonchev–Trinajstić information content (AvgIpc) is 2.89. The number of hydrogen-bond donors (Lipinski definition) is 1. The summed E-state index contributed by atoms with van der Waals surface area (Å²) in [6.07, 6.45) is 3.01. The summed E-state index contributed by atoms with van der Waals surface area (Å²) < 4.78 is 6.64. The molecule has 0 aliphatic rings. The van der Waals surface area contributed by atoms with Crippen molar-refractivity contribution >= 4 is 0 Å². The van der Waals surface area contributed by atoms with E-state index in [4.69, 9.17) is 9.63 Å². The predicted octanol–water partition coefficient (Wildman–Crippen LogP) is -0.193. The van der Waals surface area contributed by atoms with Gasteiger partial charge in [0.25, 0.3) is 0 Å². The number of aliphatic hydroxyl groups excluding tert-OH is 1. The molecule has 0 spiro atoms. The van der Waals surface area contributed by atoms with Gasteiger partial charge in [0, 0.05) is 25.6 Å². The zero-order valence-corrected chi connectivity index (χ0v) is 9.00. The van der Waals surface area contributed by atoms with Crippen molar-refractivity contribution in [2.45, 2.75) is 26.3 Å². The molecule has 0 saturated carbocycles. The highest BCUT2D eigenvalue weighted by Gasteiger charge is 2.07. The van der Waals surface area contributed by atoms with Crippen molar-refractivity contribution in [3.05, 3.63) is 23.6 Å². The number of aromatic nitrogens is 5. The minimum Gasteiger partial charge on any atom is -0.396 e. The maximum absolute atomic E-state index is 8.74. The molecule has 0 bridgehead atoms. The lowest BCUT2D eigenvalue weighted by Crippen LogP contribution is -2.00. The van der Waals surface area contributed by atoms with Crippen LogP contribution in [0.4, 0.5) is 0 Å². The lowest BCUT2D eigenvalue weighted by Gasteiger charge is -1.92. The first-order valence-corrected chi connectivity index (χ1v) is 5.13. The fourth-order valence-electron chi connectivity index (χ4n) is 1.28. The van der Waals surface area contributed by atoms with Crippen LogP contribution in [0.25, 0.3) is 0 Å². The smallest absolute Gasteiger partial charge is 0.248 e. The van der Waals surface area contributed by atoms with Gasteiger partial charge in [-0.15, -0.1) is 5.10 Å². The second-order valence-electron chi connectivity index (χ2n) is 3.34. The maximum atomic E-state index is 8.74. The van der Waals surface area contributed by atoms with Gasteiger partial charge in [-0.05, 0) is 0 Å². The Bertz CT molecular complexity index is 450. The van der Waals surface area contributed by atoms with Crippen molar-refractivity contribution in [3.63, 3.8) is 0 Å². The SMILES string of the molecule is CCc1noc(Cn2cc(CCO)nn2)n1. The van der Waals surface area contributed by atoms with E-state index in [-0.39, 0.29) is 6.61 Å². The Hall–Kier alpha value is -1.76. The Balaban J connectivity index is 2.02. The largest absolute Gasteiger partial charge is 0.396 e. The molecule has 2 heterocycles. The zero-order chi connectivity index (χ0) is 11.4. The van der Waals surface area contributed by atoms with E-state index in [2.05, 4.69) is 20.5 Å². The molecule has 1 N–H and O–H groups in total. The van der Waals surface area contributed by atoms with Crippen molar-refractivity contribution in [3.8, 4) is 0 Å². The van der Waals surface area contributed by atoms with E-state index in [1.54, 1.807) is 10.9 Å². The summed E-state index contributed by atoms with van der Waals surface area (Å²) in [4.78, 5) is 4.16. The lowest BCUT2D eigenvalue weighted by atomic mass is 10.3. The molecule has 2 rings (SSSR count). The molecule has 0 unspecified atom stereocenters. The van der Waals surface area contributed by atoms with Gasteiger partial charge in [-0.1, -0.05) is 17.3 Å². The first-order chi connectivity index (χ1) is 7.81. The van der Waals surface area contributed by atoms with E-state index in [1.165, 1.54) is 0 Å². The normalized spacial score (nSPS) is 10.9. The lowest BCUT2D eigenvalue weighted by molar-refractivity contribution is 0.298. The third-order valence-corrected chi connectivity index (χ3v) is 2.08. The third-order valence-electron chi connectivity index (χ3n) is 2.08. The highest BCUT2D eigenvalue weighted by atomic mass is 16.5. The van der Waals surface area contributed by atoms with Crippen LogP contribution in [0.5, 0.6) is 0 Å². The van der Waals surface area contributed by atoms with Gasteiger partial charge in [0.1, 0.15) is 6.54 Å². The van der Waals surface area contributed by atoms with Crippen LogP contribution >= 0.6 is 0 Å². The summed E-state index contributed by atoms with van der Waals surface area (Å²) in [5, 5.41) is 20.3. The second kappa shape index (κ2) is 4.84. The van der Waals surface area contributed by atoms with Crippen LogP contribution in [0.15, 0.2) is 10.7 Å². The zero-order valence-electron chi connectivity index (χ0n) is 9.00. The van der Waals surface area contributed by atoms with Crippen LogP contribution in [-0.4, -0.2) is 36.8 Å². The Morgan fingerprint density at radius 1 is 1.50 bits per heavy atom. The molecule has 2 aromatic rings. The topological polar surface area (TPSA) is 89.9 Å². The first-order valence-electron chi connectivity index (χ1n) is 5.13. The molecule has 2 aromatic heterocycles. The van der Waals surface area contributed by atoms with Gasteiger partial charge >= 0.3 is 0 Å². The summed E-state index contributed by atoms with van der Waals surface area (Å²) in [6.45, 7) is 2.44. The molecule has 16 heavy (non-hydrogen) atoms. The first kappa shape index (κ1) is 10.7. The average molecular weight is 223 g/mol. The fourth-order valence-corrected chi connectivity index (χ4v) is 1.28. The van der Waals surface area contributed by atoms with Crippen LogP contribution < -0.4 is 0 Å². The predicted molar refractivity (Wildman–Crippen MR) is 53.6 cm³/mol. The minimum atomic E-state index is 0.0687. The van der Waals surface area contributed by atoms with Gasteiger partial charge in [0.15, 0.2) is 5.82 Å². The Kier molecular flexibility index (Phi) is 3.25. The van der Waals surface area contributed by atoms with E-state index in [1.807, 2.05) is 6.92 Å². The molecule has 0 atom stereocenters. The van der Waals surface area contributed by atoms with Crippen LogP contribution in [0.1, 0.15) is 24.3 Å². The molecule has 86 valence electrons. The number of hydrogen-bond acceptors (Lipinski definition) is 6. The summed E-state index contributed by atoms with van der Waals surface area (Å²) in [5.74, 6) is 1.20. The maximum Gasteiger partial charge on any atom is 0.248 e. The molecular weight excluding hydrogens is 210 g/mol. The van der Waals surface area contributed by atoms with Gasteiger partial charge in [-0.2, -0.15) is 4.98 Å². The van der Waals surface area contributed by atoms with Crippen molar-refractivity contribution in [1.29, 1.82) is 0 Å². The summed E-state index contributed by atoms with van der Waals surface area (Å²) >= 11 is 0. The van der Waals surface area contributed by atoms with E-state index in [0.29, 0.717) is 24.7 Å². The van der Waals surface area contributed by atoms with Gasteiger partial charge in [-0.3, -0.25) is 0 Å². The van der Waals surface area contributed by atoms with Crippen LogP contribution in [0.3, 0.4) is 0 Å². The molecule has 0 fully saturated rings.